The minimum absolute atomic E-state index is 0.136. The van der Waals surface area contributed by atoms with Crippen LogP contribution in [-0.2, 0) is 0 Å². The number of aliphatic hydroxyl groups excluding tert-OH is 1. The summed E-state index contributed by atoms with van der Waals surface area (Å²) in [6, 6.07) is 4.18. The third-order valence-electron chi connectivity index (χ3n) is 3.44. The van der Waals surface area contributed by atoms with Crippen molar-refractivity contribution in [3.05, 3.63) is 18.3 Å². The second-order valence-electron chi connectivity index (χ2n) is 4.82. The van der Waals surface area contributed by atoms with Crippen molar-refractivity contribution in [2.45, 2.75) is 37.8 Å². The molecule has 0 bridgehead atoms. The molecule has 2 heterocycles. The van der Waals surface area contributed by atoms with Gasteiger partial charge in [-0.3, -0.25) is 0 Å². The molecule has 0 unspecified atom stereocenters. The number of nitrogens with two attached hydrogens (primary N) is 1. The van der Waals surface area contributed by atoms with E-state index in [1.165, 1.54) is 0 Å². The number of hydrogen-bond acceptors (Lipinski definition) is 5. The first-order valence-electron chi connectivity index (χ1n) is 6.27. The van der Waals surface area contributed by atoms with E-state index >= 15 is 0 Å². The molecule has 0 aliphatic heterocycles. The van der Waals surface area contributed by atoms with Crippen LogP contribution in [0.5, 0.6) is 0 Å². The first-order chi connectivity index (χ1) is 8.72. The van der Waals surface area contributed by atoms with Gasteiger partial charge >= 0.3 is 0 Å². The van der Waals surface area contributed by atoms with Crippen LogP contribution >= 0.6 is 0 Å². The Morgan fingerprint density at radius 3 is 2.83 bits per heavy atom. The molecule has 2 aromatic rings. The van der Waals surface area contributed by atoms with E-state index in [0.717, 1.165) is 37.1 Å². The number of imidazole rings is 1. The molecule has 6 heteroatoms. The minimum Gasteiger partial charge on any atom is -0.393 e. The molecule has 0 spiro atoms. The SMILES string of the molecule is Nc1cnc2ccc(N[C@H]3CC[C@H](O)CC3)nn12. The smallest absolute Gasteiger partial charge is 0.156 e. The highest BCUT2D eigenvalue weighted by Gasteiger charge is 2.19. The molecular formula is C12H17N5O. The molecule has 96 valence electrons. The van der Waals surface area contributed by atoms with Gasteiger partial charge in [0.15, 0.2) is 5.65 Å². The van der Waals surface area contributed by atoms with Crippen molar-refractivity contribution in [1.82, 2.24) is 14.6 Å². The Morgan fingerprint density at radius 2 is 2.06 bits per heavy atom. The Hall–Kier alpha value is -1.82. The van der Waals surface area contributed by atoms with Gasteiger partial charge in [-0.1, -0.05) is 0 Å². The quantitative estimate of drug-likeness (QED) is 0.737. The number of fused-ring (bicyclic) bond motifs is 1. The van der Waals surface area contributed by atoms with E-state index in [2.05, 4.69) is 15.4 Å². The van der Waals surface area contributed by atoms with E-state index < -0.39 is 0 Å². The first kappa shape index (κ1) is 11.3. The Balaban J connectivity index is 1.76. The van der Waals surface area contributed by atoms with Crippen LogP contribution in [0.25, 0.3) is 5.65 Å². The van der Waals surface area contributed by atoms with E-state index in [1.807, 2.05) is 12.1 Å². The largest absolute Gasteiger partial charge is 0.393 e. The van der Waals surface area contributed by atoms with Crippen LogP contribution in [-0.4, -0.2) is 31.9 Å². The fourth-order valence-electron chi connectivity index (χ4n) is 2.40. The number of aromatic nitrogens is 3. The van der Waals surface area contributed by atoms with Crippen LogP contribution in [0.15, 0.2) is 18.3 Å². The van der Waals surface area contributed by atoms with Crippen molar-refractivity contribution in [3.63, 3.8) is 0 Å². The van der Waals surface area contributed by atoms with Crippen molar-refractivity contribution >= 4 is 17.3 Å². The topological polar surface area (TPSA) is 88.5 Å². The second kappa shape index (κ2) is 4.45. The summed E-state index contributed by atoms with van der Waals surface area (Å²) in [5, 5.41) is 17.3. The summed E-state index contributed by atoms with van der Waals surface area (Å²) in [6.07, 6.45) is 5.12. The standard InChI is InChI=1S/C12H17N5O/c13-10-7-14-12-6-5-11(16-17(10)12)15-8-1-3-9(18)4-2-8/h5-9,18H,1-4,13H2,(H,15,16)/t8-,9-. The van der Waals surface area contributed by atoms with Gasteiger partial charge in [0.05, 0.1) is 12.3 Å². The van der Waals surface area contributed by atoms with E-state index in [-0.39, 0.29) is 6.10 Å². The molecule has 0 amide bonds. The number of aliphatic hydroxyl groups is 1. The van der Waals surface area contributed by atoms with Crippen molar-refractivity contribution in [3.8, 4) is 0 Å². The Labute approximate surface area is 105 Å². The zero-order valence-electron chi connectivity index (χ0n) is 10.1. The Kier molecular flexibility index (Phi) is 2.79. The molecule has 0 aromatic carbocycles. The Morgan fingerprint density at radius 1 is 1.28 bits per heavy atom. The predicted molar refractivity (Wildman–Crippen MR) is 69.3 cm³/mol. The maximum Gasteiger partial charge on any atom is 0.156 e. The number of nitrogens with zero attached hydrogens (tertiary/aromatic N) is 3. The van der Waals surface area contributed by atoms with Crippen LogP contribution in [0, 0.1) is 0 Å². The summed E-state index contributed by atoms with van der Waals surface area (Å²) in [7, 11) is 0. The van der Waals surface area contributed by atoms with E-state index in [1.54, 1.807) is 10.7 Å². The molecule has 6 nitrogen and oxygen atoms in total. The zero-order chi connectivity index (χ0) is 12.5. The summed E-state index contributed by atoms with van der Waals surface area (Å²) in [5.41, 5.74) is 6.52. The highest BCUT2D eigenvalue weighted by Crippen LogP contribution is 2.21. The number of hydrogen-bond donors (Lipinski definition) is 3. The summed E-state index contributed by atoms with van der Waals surface area (Å²) < 4.78 is 1.63. The average molecular weight is 247 g/mol. The highest BCUT2D eigenvalue weighted by atomic mass is 16.3. The number of nitrogen functional groups attached to an aromatic ring is 1. The van der Waals surface area contributed by atoms with Gasteiger partial charge in [0.1, 0.15) is 11.6 Å². The Bertz CT molecular complexity index is 544. The average Bonchev–Trinajstić information content (AvgIpc) is 2.74. The lowest BCUT2D eigenvalue weighted by atomic mass is 9.93. The van der Waals surface area contributed by atoms with Crippen LogP contribution in [0.2, 0.25) is 0 Å². The molecule has 1 saturated carbocycles. The monoisotopic (exact) mass is 247 g/mol. The molecule has 1 aliphatic carbocycles. The fourth-order valence-corrected chi connectivity index (χ4v) is 2.40. The van der Waals surface area contributed by atoms with Crippen LogP contribution in [0.3, 0.4) is 0 Å². The molecular weight excluding hydrogens is 230 g/mol. The van der Waals surface area contributed by atoms with E-state index in [4.69, 9.17) is 5.73 Å². The van der Waals surface area contributed by atoms with Crippen molar-refractivity contribution in [1.29, 1.82) is 0 Å². The molecule has 4 N–H and O–H groups in total. The summed E-state index contributed by atoms with van der Waals surface area (Å²) >= 11 is 0. The third kappa shape index (κ3) is 2.11. The maximum atomic E-state index is 9.47. The lowest BCUT2D eigenvalue weighted by molar-refractivity contribution is 0.126. The summed E-state index contributed by atoms with van der Waals surface area (Å²) in [6.45, 7) is 0. The molecule has 1 fully saturated rings. The van der Waals surface area contributed by atoms with E-state index in [0.29, 0.717) is 11.9 Å². The van der Waals surface area contributed by atoms with Crippen molar-refractivity contribution in [2.75, 3.05) is 11.1 Å². The van der Waals surface area contributed by atoms with Gasteiger partial charge in [0.2, 0.25) is 0 Å². The van der Waals surface area contributed by atoms with Gasteiger partial charge in [0.25, 0.3) is 0 Å². The number of anilines is 2. The van der Waals surface area contributed by atoms with Gasteiger partial charge < -0.3 is 16.2 Å². The first-order valence-corrected chi connectivity index (χ1v) is 6.27. The third-order valence-corrected chi connectivity index (χ3v) is 3.44. The van der Waals surface area contributed by atoms with Crippen molar-refractivity contribution < 1.29 is 5.11 Å². The van der Waals surface area contributed by atoms with Crippen LogP contribution < -0.4 is 11.1 Å². The van der Waals surface area contributed by atoms with Crippen LogP contribution in [0.1, 0.15) is 25.7 Å². The molecule has 0 atom stereocenters. The minimum atomic E-state index is -0.136. The van der Waals surface area contributed by atoms with Gasteiger partial charge in [-0.05, 0) is 37.8 Å². The highest BCUT2D eigenvalue weighted by molar-refractivity contribution is 5.50. The maximum absolute atomic E-state index is 9.47. The summed E-state index contributed by atoms with van der Waals surface area (Å²) in [4.78, 5) is 4.13. The molecule has 18 heavy (non-hydrogen) atoms. The number of rotatable bonds is 2. The van der Waals surface area contributed by atoms with Gasteiger partial charge in [-0.2, -0.15) is 4.52 Å². The van der Waals surface area contributed by atoms with Gasteiger partial charge in [-0.15, -0.1) is 5.10 Å². The van der Waals surface area contributed by atoms with Crippen molar-refractivity contribution in [2.24, 2.45) is 0 Å². The lowest BCUT2D eigenvalue weighted by Gasteiger charge is -2.26. The predicted octanol–water partition coefficient (Wildman–Crippen LogP) is 1.03. The molecule has 3 rings (SSSR count). The fraction of sp³-hybridized carbons (Fsp3) is 0.500. The second-order valence-corrected chi connectivity index (χ2v) is 4.82. The lowest BCUT2D eigenvalue weighted by Crippen LogP contribution is -2.28. The van der Waals surface area contributed by atoms with E-state index in [9.17, 15) is 5.11 Å². The molecule has 0 radical (unpaired) electrons. The zero-order valence-corrected chi connectivity index (χ0v) is 10.1. The number of nitrogens with one attached hydrogen (secondary N) is 1. The molecule has 2 aromatic heterocycles. The normalized spacial score (nSPS) is 24.3. The van der Waals surface area contributed by atoms with Gasteiger partial charge in [0, 0.05) is 6.04 Å². The van der Waals surface area contributed by atoms with Crippen LogP contribution in [0.4, 0.5) is 11.6 Å². The van der Waals surface area contributed by atoms with Gasteiger partial charge in [-0.25, -0.2) is 4.98 Å². The summed E-state index contributed by atoms with van der Waals surface area (Å²) in [5.74, 6) is 1.33. The molecule has 0 saturated heterocycles. The molecule has 1 aliphatic rings.